The van der Waals surface area contributed by atoms with Gasteiger partial charge in [-0.2, -0.15) is 0 Å². The number of hydrogen-bond donors (Lipinski definition) is 4. The number of benzene rings is 2. The van der Waals surface area contributed by atoms with E-state index in [1.165, 1.54) is 135 Å². The molecule has 0 saturated carbocycles. The third-order valence-electron chi connectivity index (χ3n) is 22.8. The smallest absolute Gasteiger partial charge is 0.306 e. The number of nitrogens with one attached hydrogen (secondary N) is 4. The lowest BCUT2D eigenvalue weighted by Crippen LogP contribution is -2.69. The van der Waals surface area contributed by atoms with E-state index in [9.17, 15) is 33.6 Å². The highest BCUT2D eigenvalue weighted by atomic mass is 16.8. The van der Waals surface area contributed by atoms with E-state index in [1.807, 2.05) is 36.4 Å². The van der Waals surface area contributed by atoms with Gasteiger partial charge in [0, 0.05) is 146 Å². The zero-order valence-electron chi connectivity index (χ0n) is 72.7. The first-order valence-electron chi connectivity index (χ1n) is 40.0. The Bertz CT molecular complexity index is 3760. The second-order valence-corrected chi connectivity index (χ2v) is 30.0. The summed E-state index contributed by atoms with van der Waals surface area (Å²) >= 11 is 0. The van der Waals surface area contributed by atoms with Crippen molar-refractivity contribution in [3.63, 3.8) is 0 Å². The van der Waals surface area contributed by atoms with Gasteiger partial charge in [-0.1, -0.05) is 48.5 Å². The summed E-state index contributed by atoms with van der Waals surface area (Å²) in [5.41, 5.74) is 3.21. The van der Waals surface area contributed by atoms with Crippen molar-refractivity contribution in [2.45, 2.75) is 243 Å². The Kier molecular flexibility index (Phi) is 38.4. The van der Waals surface area contributed by atoms with Crippen LogP contribution in [-0.2, 0) is 158 Å². The van der Waals surface area contributed by atoms with Gasteiger partial charge >= 0.3 is 5.97 Å². The van der Waals surface area contributed by atoms with Crippen molar-refractivity contribution >= 4 is 29.6 Å². The number of fused-ring (bicyclic) bond motifs is 3. The van der Waals surface area contributed by atoms with Crippen LogP contribution in [0.1, 0.15) is 69.6 Å². The molecule has 30 atom stereocenters. The first-order valence-corrected chi connectivity index (χ1v) is 40.0. The van der Waals surface area contributed by atoms with E-state index in [2.05, 4.69) is 33.4 Å². The second kappa shape index (κ2) is 47.3. The molecule has 6 aliphatic heterocycles. The first kappa shape index (κ1) is 98.4. The summed E-state index contributed by atoms with van der Waals surface area (Å²) in [6.07, 6.45) is -24.4. The molecule has 121 heavy (non-hydrogen) atoms. The molecule has 0 radical (unpaired) electrons. The van der Waals surface area contributed by atoms with Crippen molar-refractivity contribution in [2.75, 3.05) is 154 Å². The highest BCUT2D eigenvalue weighted by Crippen LogP contribution is 2.45. The summed E-state index contributed by atoms with van der Waals surface area (Å²) in [6, 6.07) is 15.1. The molecular weight excluding hydrogens is 1600 g/mol. The maximum absolute atomic E-state index is 13.4. The number of carbonyl (C=O) groups excluding carboxylic acids is 5. The zero-order valence-corrected chi connectivity index (χ0v) is 72.7. The molecule has 6 heterocycles. The van der Waals surface area contributed by atoms with Gasteiger partial charge in [0.05, 0.1) is 69.8 Å². The summed E-state index contributed by atoms with van der Waals surface area (Å²) in [7, 11) is 25.2. The Hall–Kier alpha value is -6.37. The summed E-state index contributed by atoms with van der Waals surface area (Å²) in [4.78, 5) is 87.3. The molecule has 7 aliphatic rings. The topological polar surface area (TPSA) is 426 Å². The molecule has 0 aromatic heterocycles. The summed E-state index contributed by atoms with van der Waals surface area (Å²) in [6.45, 7) is 6.70. The van der Waals surface area contributed by atoms with Crippen LogP contribution in [0.4, 0.5) is 0 Å². The van der Waals surface area contributed by atoms with E-state index in [-0.39, 0.29) is 87.8 Å². The van der Waals surface area contributed by atoms with E-state index in [0.717, 1.165) is 22.3 Å². The van der Waals surface area contributed by atoms with Crippen LogP contribution in [0.5, 0.6) is 5.75 Å². The van der Waals surface area contributed by atoms with Gasteiger partial charge in [-0.15, -0.1) is 0 Å². The van der Waals surface area contributed by atoms with Crippen molar-refractivity contribution in [2.24, 2.45) is 0 Å². The predicted molar refractivity (Wildman–Crippen MR) is 422 cm³/mol. The molecule has 0 spiro atoms. The average Bonchev–Trinajstić information content (AvgIpc) is 1.74. The van der Waals surface area contributed by atoms with Gasteiger partial charge in [0.15, 0.2) is 43.4 Å². The third-order valence-corrected chi connectivity index (χ3v) is 22.8. The van der Waals surface area contributed by atoms with E-state index in [0.29, 0.717) is 0 Å². The van der Waals surface area contributed by atoms with Crippen LogP contribution >= 0.6 is 0 Å². The monoisotopic (exact) mass is 1720 g/mol. The largest absolute Gasteiger partial charge is 0.492 e. The normalized spacial score (nSPS) is 34.8. The van der Waals surface area contributed by atoms with E-state index < -0.39 is 213 Å². The summed E-state index contributed by atoms with van der Waals surface area (Å²) in [5, 5.41) is 11.4. The quantitative estimate of drug-likeness (QED) is 0.0438. The number of amides is 4. The van der Waals surface area contributed by atoms with Gasteiger partial charge < -0.3 is 154 Å². The molecule has 1 aliphatic carbocycles. The molecule has 28 unspecified atom stereocenters. The Morgan fingerprint density at radius 1 is 0.347 bits per heavy atom. The lowest BCUT2D eigenvalue weighted by Gasteiger charge is -2.51. The van der Waals surface area contributed by atoms with Crippen molar-refractivity contribution < 1.29 is 157 Å². The van der Waals surface area contributed by atoms with Crippen LogP contribution in [0, 0.1) is 0 Å². The molecule has 3 aromatic carbocycles. The number of esters is 1. The summed E-state index contributed by atoms with van der Waals surface area (Å²) < 4.78 is 169. The molecule has 6 fully saturated rings. The molecular formula is C82H124N4O35. The summed E-state index contributed by atoms with van der Waals surface area (Å²) in [5.74, 6) is -2.08. The first-order chi connectivity index (χ1) is 58.3. The Balaban J connectivity index is 0.000000278. The molecule has 10 rings (SSSR count). The lowest BCUT2D eigenvalue weighted by atomic mass is 9.94. The fraction of sp³-hybridized carbons (Fsp3) is 0.744. The highest BCUT2D eigenvalue weighted by molar-refractivity contribution is 5.82. The fourth-order valence-electron chi connectivity index (χ4n) is 17.2. The number of ether oxygens (including phenoxy) is 28. The Morgan fingerprint density at radius 2 is 0.669 bits per heavy atom. The van der Waals surface area contributed by atoms with Gasteiger partial charge in [0.1, 0.15) is 129 Å². The van der Waals surface area contributed by atoms with Crippen LogP contribution in [-0.4, -0.2) is 367 Å². The molecule has 6 saturated heterocycles. The van der Waals surface area contributed by atoms with Gasteiger partial charge in [-0.25, -0.2) is 0 Å². The minimum atomic E-state index is -1.12. The molecule has 682 valence electrons. The van der Waals surface area contributed by atoms with Crippen LogP contribution in [0.15, 0.2) is 58.1 Å². The zero-order chi connectivity index (χ0) is 88.1. The van der Waals surface area contributed by atoms with Gasteiger partial charge in [0.2, 0.25) is 29.1 Å². The fourth-order valence-corrected chi connectivity index (χ4v) is 17.2. The van der Waals surface area contributed by atoms with Crippen LogP contribution in [0.3, 0.4) is 0 Å². The number of hydrogen-bond acceptors (Lipinski definition) is 35. The van der Waals surface area contributed by atoms with Crippen molar-refractivity contribution in [3.8, 4) is 16.9 Å². The Labute approximate surface area is 704 Å². The molecule has 4 N–H and O–H groups in total. The molecule has 3 aromatic rings. The number of methoxy groups -OCH3 is 17. The van der Waals surface area contributed by atoms with E-state index >= 15 is 0 Å². The predicted octanol–water partition coefficient (Wildman–Crippen LogP) is 0.283. The standard InChI is InChI=1S/C46H66N2O17.C36H58N2O18/c1-24-35(47-25(2)49)38(54-5)42(58-9)45(61-24)64-37-32(23-53-4)63-46(43(59-10)40(37)56-7)65-36-31(22-52-3)62-44(41(57-8)39(36)55-6)48-33(50)19-20-34(51)60-21-30-28-17-13-11-15-26(28)27-16-12-14-18-29(27)30;1-16-22(37-17(2)39)28(46-6)32(50-10)35(52-16)55-27-20(15-44-4)54-36(33(51-11)30(27)48-8)56-26-19(14-43-3)53-34(31(49-9)29(26)47-7)38-21(40)13-12-18-23(41)24(42)25(18)45-5/h11-18,24,30-32,35-46H,19-23H2,1-10H3,(H,47,49)(H,48,50);16,19-20,22,26-36H,12-15H2,1-11H3,(H,37,39)(H,38,40)/t24?,31?,32?,35-,36?,37?,38?,39?,40?,41?,42?,43?,44?,45?,46?;16?,19?,20?,22-,26?,27?,28?,29?,30?,31?,32?,33?,34?,35?,36?/m11/s1. The molecule has 39 heteroatoms. The molecule has 39 nitrogen and oxygen atoms in total. The van der Waals surface area contributed by atoms with Crippen LogP contribution in [0.2, 0.25) is 0 Å². The van der Waals surface area contributed by atoms with Crippen molar-refractivity contribution in [1.29, 1.82) is 0 Å². The van der Waals surface area contributed by atoms with E-state index in [1.54, 1.807) is 13.8 Å². The third kappa shape index (κ3) is 22.9. The van der Waals surface area contributed by atoms with Gasteiger partial charge in [0.25, 0.3) is 5.43 Å². The lowest BCUT2D eigenvalue weighted by molar-refractivity contribution is -0.374. The number of rotatable bonds is 41. The second-order valence-electron chi connectivity index (χ2n) is 30.0. The molecule has 0 bridgehead atoms. The van der Waals surface area contributed by atoms with Gasteiger partial charge in [-0.05, 0) is 42.5 Å². The minimum Gasteiger partial charge on any atom is -0.492 e. The Morgan fingerprint density at radius 3 is 1.01 bits per heavy atom. The van der Waals surface area contributed by atoms with Crippen LogP contribution in [0.25, 0.3) is 11.1 Å². The SMILES string of the molecule is COCC1OC(NC(=O)CCC(=O)OCC2c3ccccc3-c3ccccc32)C(OC)C(OC)C1OC1OC(COC)C(OC2OC(C)[C@@H](NC(C)=O)C(OC)C2OC)C(OC)C1OC.COCC1OC(NC(=O)CCc2c(OC)c(=O)c2=O)C(OC)C(OC)C1OC1OC(COC)C(OC2OC(C)[C@@H](NC(C)=O)C(OC)C2OC)C(OC)C1OC. The van der Waals surface area contributed by atoms with Crippen LogP contribution < -0.4 is 36.9 Å². The average molecular weight is 1730 g/mol. The maximum Gasteiger partial charge on any atom is 0.306 e. The number of carbonyl (C=O) groups is 5. The van der Waals surface area contributed by atoms with Crippen molar-refractivity contribution in [3.05, 3.63) is 85.7 Å². The van der Waals surface area contributed by atoms with Crippen molar-refractivity contribution in [1.82, 2.24) is 21.3 Å². The maximum atomic E-state index is 13.4. The minimum absolute atomic E-state index is 0.00108. The van der Waals surface area contributed by atoms with Gasteiger partial charge in [-0.3, -0.25) is 33.6 Å². The highest BCUT2D eigenvalue weighted by Gasteiger charge is 2.59. The van der Waals surface area contributed by atoms with E-state index in [4.69, 9.17) is 133 Å². The molecule has 4 amide bonds.